The number of nitrogens with two attached hydrogens (primary N) is 1. The van der Waals surface area contributed by atoms with Crippen LogP contribution in [-0.2, 0) is 0 Å². The summed E-state index contributed by atoms with van der Waals surface area (Å²) in [6, 6.07) is 0. The van der Waals surface area contributed by atoms with Crippen LogP contribution >= 0.6 is 0 Å². The maximum atomic E-state index is 6.31. The highest BCUT2D eigenvalue weighted by Crippen LogP contribution is 2.54. The van der Waals surface area contributed by atoms with Crippen molar-refractivity contribution in [1.82, 2.24) is 0 Å². The predicted octanol–water partition coefficient (Wildman–Crippen LogP) is 2.30. The summed E-state index contributed by atoms with van der Waals surface area (Å²) in [4.78, 5) is 0. The fourth-order valence-corrected chi connectivity index (χ4v) is 3.60. The van der Waals surface area contributed by atoms with E-state index in [0.717, 1.165) is 17.8 Å². The number of hydrogen-bond acceptors (Lipinski definition) is 1. The molecule has 1 unspecified atom stereocenters. The van der Waals surface area contributed by atoms with Crippen molar-refractivity contribution >= 4 is 0 Å². The molecule has 4 saturated carbocycles. The summed E-state index contributed by atoms with van der Waals surface area (Å²) in [7, 11) is 0. The molecule has 2 N–H and O–H groups in total. The third-order valence-electron chi connectivity index (χ3n) is 4.61. The zero-order valence-corrected chi connectivity index (χ0v) is 7.76. The van der Waals surface area contributed by atoms with Crippen LogP contribution in [0.3, 0.4) is 0 Å². The Hall–Kier alpha value is -0.0400. The van der Waals surface area contributed by atoms with Gasteiger partial charge in [0.05, 0.1) is 0 Å². The van der Waals surface area contributed by atoms with Crippen LogP contribution in [0.4, 0.5) is 0 Å². The van der Waals surface area contributed by atoms with Gasteiger partial charge in [-0.1, -0.05) is 12.8 Å². The van der Waals surface area contributed by atoms with E-state index in [0.29, 0.717) is 5.54 Å². The van der Waals surface area contributed by atoms with E-state index in [2.05, 4.69) is 0 Å². The summed E-state index contributed by atoms with van der Waals surface area (Å²) in [5.74, 6) is 2.99. The van der Waals surface area contributed by atoms with E-state index in [-0.39, 0.29) is 0 Å². The SMILES string of the molecule is NC1(C2CC3CCC2CC3)CC1. The molecule has 0 heterocycles. The fraction of sp³-hybridized carbons (Fsp3) is 1.00. The summed E-state index contributed by atoms with van der Waals surface area (Å²) in [5, 5.41) is 0. The van der Waals surface area contributed by atoms with Crippen molar-refractivity contribution in [2.24, 2.45) is 23.5 Å². The average molecular weight is 165 g/mol. The van der Waals surface area contributed by atoms with Crippen molar-refractivity contribution < 1.29 is 0 Å². The molecule has 2 bridgehead atoms. The second kappa shape index (κ2) is 2.25. The van der Waals surface area contributed by atoms with E-state index in [9.17, 15) is 0 Å². The minimum absolute atomic E-state index is 0.323. The smallest absolute Gasteiger partial charge is 0.0187 e. The lowest BCUT2D eigenvalue weighted by molar-refractivity contribution is 0.0741. The van der Waals surface area contributed by atoms with Gasteiger partial charge in [0.2, 0.25) is 0 Å². The van der Waals surface area contributed by atoms with Crippen molar-refractivity contribution in [3.63, 3.8) is 0 Å². The van der Waals surface area contributed by atoms with Gasteiger partial charge in [0.25, 0.3) is 0 Å². The molecular formula is C11H19N. The Kier molecular flexibility index (Phi) is 1.39. The Morgan fingerprint density at radius 2 is 1.67 bits per heavy atom. The van der Waals surface area contributed by atoms with Crippen LogP contribution in [0, 0.1) is 17.8 Å². The van der Waals surface area contributed by atoms with E-state index in [1.165, 1.54) is 44.9 Å². The topological polar surface area (TPSA) is 26.0 Å². The molecule has 4 aliphatic carbocycles. The van der Waals surface area contributed by atoms with Crippen molar-refractivity contribution in [3.05, 3.63) is 0 Å². The summed E-state index contributed by atoms with van der Waals surface area (Å²) >= 11 is 0. The molecule has 4 aliphatic rings. The van der Waals surface area contributed by atoms with E-state index in [4.69, 9.17) is 5.73 Å². The van der Waals surface area contributed by atoms with E-state index in [1.807, 2.05) is 0 Å². The zero-order chi connectivity index (χ0) is 8.18. The highest BCUT2D eigenvalue weighted by molar-refractivity contribution is 5.08. The Balaban J connectivity index is 1.79. The first kappa shape index (κ1) is 7.37. The second-order valence-corrected chi connectivity index (χ2v) is 5.36. The fourth-order valence-electron chi connectivity index (χ4n) is 3.60. The van der Waals surface area contributed by atoms with E-state index in [1.54, 1.807) is 0 Å². The monoisotopic (exact) mass is 165 g/mol. The molecule has 1 atom stereocenters. The van der Waals surface area contributed by atoms with E-state index >= 15 is 0 Å². The van der Waals surface area contributed by atoms with E-state index < -0.39 is 0 Å². The molecule has 4 rings (SSSR count). The number of hydrogen-bond donors (Lipinski definition) is 1. The minimum Gasteiger partial charge on any atom is -0.325 e. The molecule has 0 radical (unpaired) electrons. The van der Waals surface area contributed by atoms with Crippen LogP contribution in [0.5, 0.6) is 0 Å². The van der Waals surface area contributed by atoms with Crippen LogP contribution in [-0.4, -0.2) is 5.54 Å². The van der Waals surface area contributed by atoms with Crippen molar-refractivity contribution in [1.29, 1.82) is 0 Å². The number of rotatable bonds is 1. The Morgan fingerprint density at radius 1 is 1.00 bits per heavy atom. The van der Waals surface area contributed by atoms with Crippen LogP contribution in [0.2, 0.25) is 0 Å². The summed E-state index contributed by atoms with van der Waals surface area (Å²) in [5.41, 5.74) is 6.63. The molecular weight excluding hydrogens is 146 g/mol. The summed E-state index contributed by atoms with van der Waals surface area (Å²) in [6.07, 6.45) is 10.1. The quantitative estimate of drug-likeness (QED) is 0.634. The molecule has 12 heavy (non-hydrogen) atoms. The average Bonchev–Trinajstić information content (AvgIpc) is 2.87. The largest absolute Gasteiger partial charge is 0.325 e. The van der Waals surface area contributed by atoms with Gasteiger partial charge in [-0.3, -0.25) is 0 Å². The predicted molar refractivity (Wildman–Crippen MR) is 49.7 cm³/mol. The highest BCUT2D eigenvalue weighted by Gasteiger charge is 2.51. The Bertz CT molecular complexity index is 187. The third kappa shape index (κ3) is 0.953. The first-order valence-electron chi connectivity index (χ1n) is 5.57. The molecule has 0 amide bonds. The molecule has 0 aromatic rings. The van der Waals surface area contributed by atoms with Gasteiger partial charge in [-0.2, -0.15) is 0 Å². The van der Waals surface area contributed by atoms with Crippen molar-refractivity contribution in [2.75, 3.05) is 0 Å². The lowest BCUT2D eigenvalue weighted by atomic mass is 9.62. The van der Waals surface area contributed by atoms with Crippen LogP contribution in [0.25, 0.3) is 0 Å². The summed E-state index contributed by atoms with van der Waals surface area (Å²) < 4.78 is 0. The zero-order valence-electron chi connectivity index (χ0n) is 7.76. The van der Waals surface area contributed by atoms with Gasteiger partial charge in [-0.15, -0.1) is 0 Å². The highest BCUT2D eigenvalue weighted by atomic mass is 14.8. The minimum atomic E-state index is 0.323. The van der Waals surface area contributed by atoms with Gasteiger partial charge >= 0.3 is 0 Å². The molecule has 0 aromatic carbocycles. The molecule has 0 aliphatic heterocycles. The summed E-state index contributed by atoms with van der Waals surface area (Å²) in [6.45, 7) is 0. The lowest BCUT2D eigenvalue weighted by Crippen LogP contribution is -2.44. The molecule has 1 heteroatoms. The van der Waals surface area contributed by atoms with Crippen molar-refractivity contribution in [2.45, 2.75) is 50.5 Å². The van der Waals surface area contributed by atoms with Gasteiger partial charge in [0.1, 0.15) is 0 Å². The normalized spacial score (nSPS) is 49.2. The van der Waals surface area contributed by atoms with Crippen LogP contribution in [0.1, 0.15) is 44.9 Å². The Labute approximate surface area is 74.7 Å². The molecule has 0 aromatic heterocycles. The van der Waals surface area contributed by atoms with Gasteiger partial charge in [0.15, 0.2) is 0 Å². The maximum Gasteiger partial charge on any atom is 0.0187 e. The molecule has 0 saturated heterocycles. The lowest BCUT2D eigenvalue weighted by Gasteiger charge is -2.45. The van der Waals surface area contributed by atoms with Gasteiger partial charge in [0, 0.05) is 5.54 Å². The molecule has 4 fully saturated rings. The molecule has 0 spiro atoms. The van der Waals surface area contributed by atoms with Crippen LogP contribution < -0.4 is 5.73 Å². The first-order chi connectivity index (χ1) is 5.78. The molecule has 1 nitrogen and oxygen atoms in total. The third-order valence-corrected chi connectivity index (χ3v) is 4.61. The van der Waals surface area contributed by atoms with Crippen LogP contribution in [0.15, 0.2) is 0 Å². The first-order valence-corrected chi connectivity index (χ1v) is 5.57. The molecule has 68 valence electrons. The van der Waals surface area contributed by atoms with Crippen molar-refractivity contribution in [3.8, 4) is 0 Å². The van der Waals surface area contributed by atoms with Gasteiger partial charge in [-0.05, 0) is 49.9 Å². The number of fused-ring (bicyclic) bond motifs is 3. The van der Waals surface area contributed by atoms with Gasteiger partial charge < -0.3 is 5.73 Å². The van der Waals surface area contributed by atoms with Gasteiger partial charge in [-0.25, -0.2) is 0 Å². The standard InChI is InChI=1S/C11H19N/c12-11(5-6-11)10-7-8-1-3-9(10)4-2-8/h8-10H,1-7,12H2. The Morgan fingerprint density at radius 3 is 2.08 bits per heavy atom. The second-order valence-electron chi connectivity index (χ2n) is 5.36. The maximum absolute atomic E-state index is 6.31.